The second-order valence-corrected chi connectivity index (χ2v) is 2.96. The van der Waals surface area contributed by atoms with Crippen LogP contribution in [0.15, 0.2) is 4.42 Å². The number of H-pyrrole nitrogens is 1. The van der Waals surface area contributed by atoms with E-state index in [-0.39, 0.29) is 6.10 Å². The van der Waals surface area contributed by atoms with Crippen LogP contribution in [0.1, 0.15) is 19.2 Å². The molecule has 5 heteroatoms. The van der Waals surface area contributed by atoms with Crippen LogP contribution >= 0.6 is 12.2 Å². The van der Waals surface area contributed by atoms with Crippen LogP contribution in [0.4, 0.5) is 0 Å². The summed E-state index contributed by atoms with van der Waals surface area (Å²) in [5.41, 5.74) is 0. The molecule has 0 radical (unpaired) electrons. The van der Waals surface area contributed by atoms with E-state index in [1.54, 1.807) is 7.11 Å². The predicted molar refractivity (Wildman–Crippen MR) is 46.5 cm³/mol. The predicted octanol–water partition coefficient (Wildman–Crippen LogP) is 1.70. The van der Waals surface area contributed by atoms with E-state index in [9.17, 15) is 0 Å². The molecule has 68 valence electrons. The lowest BCUT2D eigenvalue weighted by atomic mass is 10.2. The highest BCUT2D eigenvalue weighted by molar-refractivity contribution is 7.71. The zero-order chi connectivity index (χ0) is 8.97. The summed E-state index contributed by atoms with van der Waals surface area (Å²) >= 11 is 4.73. The number of ether oxygens (including phenoxy) is 1. The van der Waals surface area contributed by atoms with Gasteiger partial charge < -0.3 is 9.15 Å². The average Bonchev–Trinajstić information content (AvgIpc) is 2.47. The molecule has 0 saturated heterocycles. The van der Waals surface area contributed by atoms with Gasteiger partial charge in [0.05, 0.1) is 6.10 Å². The van der Waals surface area contributed by atoms with Crippen molar-refractivity contribution in [2.45, 2.75) is 25.9 Å². The molecule has 1 aromatic rings. The lowest BCUT2D eigenvalue weighted by Gasteiger charge is -2.05. The quantitative estimate of drug-likeness (QED) is 0.731. The molecule has 0 saturated carbocycles. The van der Waals surface area contributed by atoms with Gasteiger partial charge in [-0.05, 0) is 25.6 Å². The third-order valence-corrected chi connectivity index (χ3v) is 1.82. The number of nitrogens with zero attached hydrogens (tertiary/aromatic N) is 1. The normalized spacial score (nSPS) is 13.2. The van der Waals surface area contributed by atoms with E-state index in [2.05, 4.69) is 10.2 Å². The molecule has 0 aliphatic heterocycles. The third-order valence-electron chi connectivity index (χ3n) is 1.65. The fourth-order valence-electron chi connectivity index (χ4n) is 0.812. The van der Waals surface area contributed by atoms with E-state index in [1.165, 1.54) is 0 Å². The number of hydrogen-bond acceptors (Lipinski definition) is 4. The van der Waals surface area contributed by atoms with E-state index >= 15 is 0 Å². The Labute approximate surface area is 75.9 Å². The highest BCUT2D eigenvalue weighted by Gasteiger charge is 2.03. The van der Waals surface area contributed by atoms with Crippen molar-refractivity contribution in [1.82, 2.24) is 10.2 Å². The Morgan fingerprint density at radius 2 is 2.50 bits per heavy atom. The molecule has 1 heterocycles. The molecule has 1 atom stereocenters. The Bertz CT molecular complexity index is 281. The molecular formula is C7H12N2O2S. The average molecular weight is 188 g/mol. The molecular weight excluding hydrogens is 176 g/mol. The van der Waals surface area contributed by atoms with Crippen LogP contribution in [-0.4, -0.2) is 23.4 Å². The maximum atomic E-state index is 5.07. The SMILES string of the molecule is COC(C)CCc1n[nH]c(=S)o1. The summed E-state index contributed by atoms with van der Waals surface area (Å²) in [6.07, 6.45) is 1.87. The van der Waals surface area contributed by atoms with Crippen molar-refractivity contribution < 1.29 is 9.15 Å². The molecule has 1 aromatic heterocycles. The first-order chi connectivity index (χ1) is 5.72. The summed E-state index contributed by atoms with van der Waals surface area (Å²) in [5, 5.41) is 6.44. The molecule has 0 aliphatic rings. The van der Waals surface area contributed by atoms with Crippen LogP contribution in [0.25, 0.3) is 0 Å². The Balaban J connectivity index is 2.38. The zero-order valence-corrected chi connectivity index (χ0v) is 7.98. The van der Waals surface area contributed by atoms with Crippen molar-refractivity contribution >= 4 is 12.2 Å². The number of aromatic amines is 1. The highest BCUT2D eigenvalue weighted by atomic mass is 32.1. The molecule has 1 unspecified atom stereocenters. The van der Waals surface area contributed by atoms with E-state index < -0.39 is 0 Å². The Hall–Kier alpha value is -0.680. The lowest BCUT2D eigenvalue weighted by Crippen LogP contribution is -2.05. The van der Waals surface area contributed by atoms with Gasteiger partial charge in [0.1, 0.15) is 0 Å². The second-order valence-electron chi connectivity index (χ2n) is 2.59. The fraction of sp³-hybridized carbons (Fsp3) is 0.714. The van der Waals surface area contributed by atoms with Crippen LogP contribution in [0.2, 0.25) is 0 Å². The van der Waals surface area contributed by atoms with Crippen molar-refractivity contribution in [2.24, 2.45) is 0 Å². The van der Waals surface area contributed by atoms with Gasteiger partial charge in [-0.1, -0.05) is 0 Å². The Morgan fingerprint density at radius 1 is 1.75 bits per heavy atom. The molecule has 0 amide bonds. The molecule has 0 aliphatic carbocycles. The minimum Gasteiger partial charge on any atom is -0.414 e. The van der Waals surface area contributed by atoms with Gasteiger partial charge in [-0.15, -0.1) is 5.10 Å². The summed E-state index contributed by atoms with van der Waals surface area (Å²) in [7, 11) is 1.69. The monoisotopic (exact) mass is 188 g/mol. The lowest BCUT2D eigenvalue weighted by molar-refractivity contribution is 0.109. The molecule has 12 heavy (non-hydrogen) atoms. The van der Waals surface area contributed by atoms with Crippen molar-refractivity contribution in [3.05, 3.63) is 10.7 Å². The van der Waals surface area contributed by atoms with Gasteiger partial charge in [0.15, 0.2) is 0 Å². The standard InChI is InChI=1S/C7H12N2O2S/c1-5(10-2)3-4-6-8-9-7(12)11-6/h5H,3-4H2,1-2H3,(H,9,12). The first kappa shape index (κ1) is 9.41. The second kappa shape index (κ2) is 4.37. The van der Waals surface area contributed by atoms with E-state index in [0.717, 1.165) is 12.8 Å². The van der Waals surface area contributed by atoms with Gasteiger partial charge in [-0.2, -0.15) is 0 Å². The Morgan fingerprint density at radius 3 is 3.00 bits per heavy atom. The highest BCUT2D eigenvalue weighted by Crippen LogP contribution is 2.03. The largest absolute Gasteiger partial charge is 0.414 e. The molecule has 1 N–H and O–H groups in total. The maximum Gasteiger partial charge on any atom is 0.284 e. The van der Waals surface area contributed by atoms with Gasteiger partial charge in [-0.3, -0.25) is 0 Å². The maximum absolute atomic E-state index is 5.07. The van der Waals surface area contributed by atoms with Gasteiger partial charge in [-0.25, -0.2) is 5.10 Å². The summed E-state index contributed by atoms with van der Waals surface area (Å²) in [6.45, 7) is 2.00. The number of methoxy groups -OCH3 is 1. The summed E-state index contributed by atoms with van der Waals surface area (Å²) in [6, 6.07) is 0. The smallest absolute Gasteiger partial charge is 0.284 e. The van der Waals surface area contributed by atoms with Crippen molar-refractivity contribution in [3.63, 3.8) is 0 Å². The third kappa shape index (κ3) is 2.75. The van der Waals surface area contributed by atoms with Gasteiger partial charge >= 0.3 is 0 Å². The van der Waals surface area contributed by atoms with Crippen LogP contribution in [0.3, 0.4) is 0 Å². The number of aryl methyl sites for hydroxylation is 1. The van der Waals surface area contributed by atoms with E-state index in [1.807, 2.05) is 6.92 Å². The van der Waals surface area contributed by atoms with E-state index in [4.69, 9.17) is 21.4 Å². The van der Waals surface area contributed by atoms with Crippen molar-refractivity contribution in [2.75, 3.05) is 7.11 Å². The van der Waals surface area contributed by atoms with Gasteiger partial charge in [0.2, 0.25) is 5.89 Å². The van der Waals surface area contributed by atoms with Crippen LogP contribution in [0.5, 0.6) is 0 Å². The minimum atomic E-state index is 0.227. The molecule has 0 fully saturated rings. The van der Waals surface area contributed by atoms with Gasteiger partial charge in [0.25, 0.3) is 4.84 Å². The number of hydrogen-bond donors (Lipinski definition) is 1. The number of aromatic nitrogens is 2. The summed E-state index contributed by atoms with van der Waals surface area (Å²) < 4.78 is 10.1. The molecule has 0 bridgehead atoms. The molecule has 4 nitrogen and oxygen atoms in total. The van der Waals surface area contributed by atoms with Crippen molar-refractivity contribution in [3.8, 4) is 0 Å². The van der Waals surface area contributed by atoms with Crippen LogP contribution in [-0.2, 0) is 11.2 Å². The van der Waals surface area contributed by atoms with E-state index in [0.29, 0.717) is 10.7 Å². The fourth-order valence-corrected chi connectivity index (χ4v) is 0.954. The zero-order valence-electron chi connectivity index (χ0n) is 7.16. The molecule has 0 spiro atoms. The topological polar surface area (TPSA) is 51.0 Å². The minimum absolute atomic E-state index is 0.227. The summed E-state index contributed by atoms with van der Waals surface area (Å²) in [4.78, 5) is 0.329. The number of rotatable bonds is 4. The molecule has 1 rings (SSSR count). The van der Waals surface area contributed by atoms with Crippen LogP contribution in [0, 0.1) is 4.84 Å². The molecule has 0 aromatic carbocycles. The summed E-state index contributed by atoms with van der Waals surface area (Å²) in [5.74, 6) is 0.643. The first-order valence-electron chi connectivity index (χ1n) is 3.79. The first-order valence-corrected chi connectivity index (χ1v) is 4.20. The Kier molecular flexibility index (Phi) is 3.43. The van der Waals surface area contributed by atoms with Crippen LogP contribution < -0.4 is 0 Å². The number of nitrogens with one attached hydrogen (secondary N) is 1. The van der Waals surface area contributed by atoms with Crippen molar-refractivity contribution in [1.29, 1.82) is 0 Å². The van der Waals surface area contributed by atoms with Gasteiger partial charge in [0, 0.05) is 13.5 Å².